The second-order valence-electron chi connectivity index (χ2n) is 7.29. The molecule has 0 aliphatic rings. The lowest BCUT2D eigenvalue weighted by Gasteiger charge is -2.31. The van der Waals surface area contributed by atoms with E-state index >= 15 is 0 Å². The number of amides is 2. The molecule has 7 nitrogen and oxygen atoms in total. The SMILES string of the molecule is CCNC(=O)[C@@H](C)N(Cc1ccccc1Cl)C(=O)CN(c1ccc(C)cc1)S(C)(=O)=O. The minimum absolute atomic E-state index is 0.0717. The molecule has 0 aliphatic carbocycles. The van der Waals surface area contributed by atoms with Crippen molar-refractivity contribution in [2.75, 3.05) is 23.7 Å². The van der Waals surface area contributed by atoms with Crippen LogP contribution in [-0.2, 0) is 26.2 Å². The quantitative estimate of drug-likeness (QED) is 0.616. The van der Waals surface area contributed by atoms with Crippen molar-refractivity contribution in [2.24, 2.45) is 0 Å². The van der Waals surface area contributed by atoms with Gasteiger partial charge in [-0.05, 0) is 44.5 Å². The first-order valence-corrected chi connectivity index (χ1v) is 12.1. The molecule has 31 heavy (non-hydrogen) atoms. The Hall–Kier alpha value is -2.58. The van der Waals surface area contributed by atoms with Gasteiger partial charge in [0, 0.05) is 18.1 Å². The normalized spacial score (nSPS) is 12.2. The monoisotopic (exact) mass is 465 g/mol. The van der Waals surface area contributed by atoms with Crippen molar-refractivity contribution in [1.82, 2.24) is 10.2 Å². The van der Waals surface area contributed by atoms with Gasteiger partial charge in [0.05, 0.1) is 11.9 Å². The van der Waals surface area contributed by atoms with Crippen LogP contribution in [0.25, 0.3) is 0 Å². The number of anilines is 1. The van der Waals surface area contributed by atoms with Gasteiger partial charge in [0.2, 0.25) is 21.8 Å². The number of halogens is 1. The Morgan fingerprint density at radius 1 is 1.10 bits per heavy atom. The summed E-state index contributed by atoms with van der Waals surface area (Å²) in [5, 5.41) is 3.16. The van der Waals surface area contributed by atoms with Crippen LogP contribution < -0.4 is 9.62 Å². The molecule has 0 saturated heterocycles. The van der Waals surface area contributed by atoms with E-state index in [1.54, 1.807) is 62.4 Å². The second-order valence-corrected chi connectivity index (χ2v) is 9.60. The number of benzene rings is 2. The van der Waals surface area contributed by atoms with E-state index in [0.717, 1.165) is 16.1 Å². The predicted molar refractivity (Wildman–Crippen MR) is 124 cm³/mol. The van der Waals surface area contributed by atoms with Gasteiger partial charge < -0.3 is 10.2 Å². The molecule has 0 fully saturated rings. The molecule has 0 radical (unpaired) electrons. The molecule has 2 aromatic carbocycles. The zero-order chi connectivity index (χ0) is 23.2. The van der Waals surface area contributed by atoms with Crippen molar-refractivity contribution < 1.29 is 18.0 Å². The van der Waals surface area contributed by atoms with Crippen molar-refractivity contribution in [2.45, 2.75) is 33.4 Å². The van der Waals surface area contributed by atoms with E-state index < -0.39 is 28.5 Å². The Balaban J connectivity index is 2.38. The molecule has 0 aromatic heterocycles. The summed E-state index contributed by atoms with van der Waals surface area (Å²) in [5.41, 5.74) is 2.01. The van der Waals surface area contributed by atoms with E-state index in [1.807, 2.05) is 6.92 Å². The molecule has 168 valence electrons. The van der Waals surface area contributed by atoms with E-state index in [2.05, 4.69) is 5.32 Å². The summed E-state index contributed by atoms with van der Waals surface area (Å²) in [6, 6.07) is 13.1. The lowest BCUT2D eigenvalue weighted by Crippen LogP contribution is -2.51. The van der Waals surface area contributed by atoms with Gasteiger partial charge in [-0.25, -0.2) is 8.42 Å². The van der Waals surface area contributed by atoms with Crippen LogP contribution in [0.3, 0.4) is 0 Å². The van der Waals surface area contributed by atoms with Crippen molar-refractivity contribution >= 4 is 39.1 Å². The van der Waals surface area contributed by atoms with Gasteiger partial charge in [-0.3, -0.25) is 13.9 Å². The average molecular weight is 466 g/mol. The van der Waals surface area contributed by atoms with Crippen LogP contribution in [0.1, 0.15) is 25.0 Å². The number of likely N-dealkylation sites (N-methyl/N-ethyl adjacent to an activating group) is 1. The van der Waals surface area contributed by atoms with E-state index in [-0.39, 0.29) is 12.5 Å². The summed E-state index contributed by atoms with van der Waals surface area (Å²) < 4.78 is 25.9. The zero-order valence-electron chi connectivity index (χ0n) is 18.1. The molecular formula is C22H28ClN3O4S. The summed E-state index contributed by atoms with van der Waals surface area (Å²) in [6.07, 6.45) is 1.05. The Bertz CT molecular complexity index is 1030. The van der Waals surface area contributed by atoms with Crippen LogP contribution in [0.15, 0.2) is 48.5 Å². The minimum atomic E-state index is -3.74. The third kappa shape index (κ3) is 6.70. The number of carbonyl (C=O) groups is 2. The summed E-state index contributed by atoms with van der Waals surface area (Å²) in [7, 11) is -3.74. The van der Waals surface area contributed by atoms with Gasteiger partial charge in [0.25, 0.3) is 0 Å². The Labute approximate surface area is 189 Å². The maximum Gasteiger partial charge on any atom is 0.244 e. The number of carbonyl (C=O) groups excluding carboxylic acids is 2. The third-order valence-electron chi connectivity index (χ3n) is 4.82. The summed E-state index contributed by atoms with van der Waals surface area (Å²) in [6.45, 7) is 5.33. The van der Waals surface area contributed by atoms with Crippen molar-refractivity contribution in [1.29, 1.82) is 0 Å². The van der Waals surface area contributed by atoms with Crippen LogP contribution in [0, 0.1) is 6.92 Å². The molecule has 9 heteroatoms. The Kier molecular flexibility index (Phi) is 8.47. The van der Waals surface area contributed by atoms with E-state index in [4.69, 9.17) is 11.6 Å². The van der Waals surface area contributed by atoms with Crippen LogP contribution in [0.2, 0.25) is 5.02 Å². The zero-order valence-corrected chi connectivity index (χ0v) is 19.7. The number of rotatable bonds is 9. The smallest absolute Gasteiger partial charge is 0.244 e. The number of nitrogens with zero attached hydrogens (tertiary/aromatic N) is 2. The van der Waals surface area contributed by atoms with E-state index in [9.17, 15) is 18.0 Å². The lowest BCUT2D eigenvalue weighted by atomic mass is 10.1. The highest BCUT2D eigenvalue weighted by Gasteiger charge is 2.30. The van der Waals surface area contributed by atoms with Gasteiger partial charge >= 0.3 is 0 Å². The number of hydrogen-bond acceptors (Lipinski definition) is 4. The number of nitrogens with one attached hydrogen (secondary N) is 1. The molecule has 0 spiro atoms. The first-order valence-electron chi connectivity index (χ1n) is 9.89. The first-order chi connectivity index (χ1) is 14.5. The van der Waals surface area contributed by atoms with Crippen LogP contribution >= 0.6 is 11.6 Å². The Morgan fingerprint density at radius 2 is 1.71 bits per heavy atom. The summed E-state index contributed by atoms with van der Waals surface area (Å²) in [4.78, 5) is 27.1. The maximum absolute atomic E-state index is 13.3. The number of hydrogen-bond donors (Lipinski definition) is 1. The van der Waals surface area contributed by atoms with Gasteiger partial charge in [0.15, 0.2) is 0 Å². The average Bonchev–Trinajstić information content (AvgIpc) is 2.71. The maximum atomic E-state index is 13.3. The third-order valence-corrected chi connectivity index (χ3v) is 6.33. The summed E-state index contributed by atoms with van der Waals surface area (Å²) >= 11 is 6.26. The van der Waals surface area contributed by atoms with Gasteiger partial charge in [-0.1, -0.05) is 47.5 Å². The highest BCUT2D eigenvalue weighted by Crippen LogP contribution is 2.21. The number of sulfonamides is 1. The van der Waals surface area contributed by atoms with Gasteiger partial charge in [-0.15, -0.1) is 0 Å². The van der Waals surface area contributed by atoms with Crippen LogP contribution in [0.4, 0.5) is 5.69 Å². The standard InChI is InChI=1S/C22H28ClN3O4S/c1-5-24-22(28)17(3)25(14-18-8-6-7-9-20(18)23)21(27)15-26(31(4,29)30)19-12-10-16(2)11-13-19/h6-13,17H,5,14-15H2,1-4H3,(H,24,28)/t17-/m1/s1. The van der Waals surface area contributed by atoms with Crippen molar-refractivity contribution in [3.63, 3.8) is 0 Å². The second kappa shape index (κ2) is 10.6. The van der Waals surface area contributed by atoms with E-state index in [1.165, 1.54) is 4.90 Å². The molecule has 0 aliphatic heterocycles. The molecule has 0 bridgehead atoms. The topological polar surface area (TPSA) is 86.8 Å². The summed E-state index contributed by atoms with van der Waals surface area (Å²) in [5.74, 6) is -0.839. The van der Waals surface area contributed by atoms with E-state index in [0.29, 0.717) is 22.8 Å². The largest absolute Gasteiger partial charge is 0.355 e. The highest BCUT2D eigenvalue weighted by molar-refractivity contribution is 7.92. The first kappa shape index (κ1) is 24.7. The minimum Gasteiger partial charge on any atom is -0.355 e. The highest BCUT2D eigenvalue weighted by atomic mass is 35.5. The fourth-order valence-corrected chi connectivity index (χ4v) is 4.08. The Morgan fingerprint density at radius 3 is 2.26 bits per heavy atom. The van der Waals surface area contributed by atoms with Gasteiger partial charge in [-0.2, -0.15) is 0 Å². The van der Waals surface area contributed by atoms with Gasteiger partial charge in [0.1, 0.15) is 12.6 Å². The fraction of sp³-hybridized carbons (Fsp3) is 0.364. The molecule has 2 aromatic rings. The lowest BCUT2D eigenvalue weighted by molar-refractivity contribution is -0.139. The molecule has 1 N–H and O–H groups in total. The van der Waals surface area contributed by atoms with Crippen LogP contribution in [-0.4, -0.2) is 50.5 Å². The molecule has 0 heterocycles. The molecule has 2 amide bonds. The molecule has 0 saturated carbocycles. The molecule has 0 unspecified atom stereocenters. The van der Waals surface area contributed by atoms with Crippen molar-refractivity contribution in [3.05, 3.63) is 64.7 Å². The molecule has 2 rings (SSSR count). The molecular weight excluding hydrogens is 438 g/mol. The predicted octanol–water partition coefficient (Wildman–Crippen LogP) is 2.97. The number of aryl methyl sites for hydroxylation is 1. The fourth-order valence-electron chi connectivity index (χ4n) is 3.04. The molecule has 1 atom stereocenters. The van der Waals surface area contributed by atoms with Crippen molar-refractivity contribution in [3.8, 4) is 0 Å². The van der Waals surface area contributed by atoms with Crippen LogP contribution in [0.5, 0.6) is 0 Å².